The third-order valence-corrected chi connectivity index (χ3v) is 2.95. The first-order chi connectivity index (χ1) is 10.5. The molecular weight excluding hydrogens is 283 g/mol. The number of rotatable bonds is 5. The quantitative estimate of drug-likeness (QED) is 0.682. The van der Waals surface area contributed by atoms with Crippen LogP contribution in [0.2, 0.25) is 0 Å². The predicted octanol–water partition coefficient (Wildman–Crippen LogP) is 2.97. The number of amides is 1. The van der Waals surface area contributed by atoms with Crippen LogP contribution in [-0.2, 0) is 4.79 Å². The molecule has 0 aromatic heterocycles. The fourth-order valence-corrected chi connectivity index (χ4v) is 1.80. The van der Waals surface area contributed by atoms with Gasteiger partial charge in [-0.25, -0.2) is 9.82 Å². The molecule has 22 heavy (non-hydrogen) atoms. The minimum absolute atomic E-state index is 0.134. The molecule has 0 radical (unpaired) electrons. The molecule has 5 heteroatoms. The van der Waals surface area contributed by atoms with Crippen molar-refractivity contribution in [3.8, 4) is 5.75 Å². The lowest BCUT2D eigenvalue weighted by Crippen LogP contribution is -2.24. The zero-order chi connectivity index (χ0) is 15.9. The minimum atomic E-state index is -0.381. The van der Waals surface area contributed by atoms with E-state index in [0.717, 1.165) is 11.1 Å². The molecule has 0 heterocycles. The molecule has 114 valence electrons. The van der Waals surface area contributed by atoms with Gasteiger partial charge in [0, 0.05) is 0 Å². The largest absolute Gasteiger partial charge is 0.483 e. The third-order valence-electron chi connectivity index (χ3n) is 2.95. The molecule has 1 N–H and O–H groups in total. The van der Waals surface area contributed by atoms with Crippen LogP contribution in [0.1, 0.15) is 16.7 Å². The highest BCUT2D eigenvalue weighted by Crippen LogP contribution is 2.18. The Morgan fingerprint density at radius 2 is 2.09 bits per heavy atom. The first-order valence-electron chi connectivity index (χ1n) is 6.82. The van der Waals surface area contributed by atoms with E-state index in [9.17, 15) is 9.18 Å². The number of nitrogens with one attached hydrogen (secondary N) is 1. The fraction of sp³-hybridized carbons (Fsp3) is 0.176. The molecule has 1 amide bonds. The number of carbonyl (C=O) groups excluding carboxylic acids is 1. The van der Waals surface area contributed by atoms with E-state index in [-0.39, 0.29) is 18.3 Å². The van der Waals surface area contributed by atoms with Gasteiger partial charge in [0.2, 0.25) is 0 Å². The van der Waals surface area contributed by atoms with Crippen LogP contribution in [0.4, 0.5) is 4.39 Å². The van der Waals surface area contributed by atoms with E-state index in [1.807, 2.05) is 32.0 Å². The van der Waals surface area contributed by atoms with Crippen LogP contribution in [0.15, 0.2) is 47.6 Å². The summed E-state index contributed by atoms with van der Waals surface area (Å²) in [4.78, 5) is 11.6. The van der Waals surface area contributed by atoms with Gasteiger partial charge in [-0.2, -0.15) is 5.10 Å². The standard InChI is InChI=1S/C17H17FN2O2/c1-12-6-7-13(2)16(8-12)22-11-17(21)20-19-10-14-4-3-5-15(18)9-14/h3-10H,11H2,1-2H3,(H,20,21)/b19-10+. The van der Waals surface area contributed by atoms with E-state index < -0.39 is 0 Å². The molecule has 0 fully saturated rings. The number of hydrogen-bond donors (Lipinski definition) is 1. The number of hydrogen-bond acceptors (Lipinski definition) is 3. The van der Waals surface area contributed by atoms with Crippen LogP contribution in [0.3, 0.4) is 0 Å². The average molecular weight is 300 g/mol. The number of benzene rings is 2. The smallest absolute Gasteiger partial charge is 0.277 e. The van der Waals surface area contributed by atoms with Gasteiger partial charge < -0.3 is 4.74 Å². The minimum Gasteiger partial charge on any atom is -0.483 e. The van der Waals surface area contributed by atoms with Crippen molar-refractivity contribution in [2.75, 3.05) is 6.61 Å². The maximum atomic E-state index is 13.0. The topological polar surface area (TPSA) is 50.7 Å². The molecule has 0 aliphatic heterocycles. The maximum absolute atomic E-state index is 13.0. The molecule has 0 aliphatic carbocycles. The van der Waals surface area contributed by atoms with Crippen molar-refractivity contribution in [1.29, 1.82) is 0 Å². The predicted molar refractivity (Wildman–Crippen MR) is 83.5 cm³/mol. The second-order valence-corrected chi connectivity index (χ2v) is 4.91. The van der Waals surface area contributed by atoms with E-state index in [1.165, 1.54) is 18.3 Å². The Morgan fingerprint density at radius 1 is 1.27 bits per heavy atom. The Kier molecular flexibility index (Phi) is 5.25. The fourth-order valence-electron chi connectivity index (χ4n) is 1.80. The first-order valence-corrected chi connectivity index (χ1v) is 6.82. The molecule has 4 nitrogen and oxygen atoms in total. The number of hydrazone groups is 1. The molecule has 2 rings (SSSR count). The highest BCUT2D eigenvalue weighted by molar-refractivity contribution is 5.82. The zero-order valence-electron chi connectivity index (χ0n) is 12.5. The van der Waals surface area contributed by atoms with Crippen molar-refractivity contribution in [2.45, 2.75) is 13.8 Å². The summed E-state index contributed by atoms with van der Waals surface area (Å²) in [6.07, 6.45) is 1.37. The highest BCUT2D eigenvalue weighted by Gasteiger charge is 2.04. The molecule has 2 aromatic rings. The summed E-state index contributed by atoms with van der Waals surface area (Å²) in [6, 6.07) is 11.7. The Balaban J connectivity index is 1.84. The average Bonchev–Trinajstić information content (AvgIpc) is 2.48. The van der Waals surface area contributed by atoms with Crippen molar-refractivity contribution in [3.63, 3.8) is 0 Å². The third kappa shape index (κ3) is 4.70. The van der Waals surface area contributed by atoms with Crippen molar-refractivity contribution in [2.24, 2.45) is 5.10 Å². The second kappa shape index (κ2) is 7.36. The summed E-state index contributed by atoms with van der Waals surface area (Å²) in [6.45, 7) is 3.73. The van der Waals surface area contributed by atoms with Gasteiger partial charge in [-0.15, -0.1) is 0 Å². The Hall–Kier alpha value is -2.69. The van der Waals surface area contributed by atoms with Crippen LogP contribution in [0.5, 0.6) is 5.75 Å². The second-order valence-electron chi connectivity index (χ2n) is 4.91. The molecule has 0 saturated heterocycles. The molecule has 0 saturated carbocycles. The molecule has 0 aliphatic rings. The molecular formula is C17H17FN2O2. The summed E-state index contributed by atoms with van der Waals surface area (Å²) >= 11 is 0. The summed E-state index contributed by atoms with van der Waals surface area (Å²) < 4.78 is 18.4. The SMILES string of the molecule is Cc1ccc(C)c(OCC(=O)N/N=C/c2cccc(F)c2)c1. The van der Waals surface area contributed by atoms with Gasteiger partial charge in [-0.05, 0) is 48.7 Å². The lowest BCUT2D eigenvalue weighted by atomic mass is 10.1. The first kappa shape index (κ1) is 15.7. The number of ether oxygens (including phenoxy) is 1. The van der Waals surface area contributed by atoms with Gasteiger partial charge in [-0.1, -0.05) is 24.3 Å². The van der Waals surface area contributed by atoms with Gasteiger partial charge in [0.05, 0.1) is 6.21 Å². The van der Waals surface area contributed by atoms with Crippen LogP contribution < -0.4 is 10.2 Å². The summed E-state index contributed by atoms with van der Waals surface area (Å²) in [5, 5.41) is 3.76. The number of aryl methyl sites for hydroxylation is 2. The molecule has 0 atom stereocenters. The van der Waals surface area contributed by atoms with Crippen LogP contribution in [0, 0.1) is 19.7 Å². The zero-order valence-corrected chi connectivity index (χ0v) is 12.5. The Labute approximate surface area is 128 Å². The van der Waals surface area contributed by atoms with E-state index in [4.69, 9.17) is 4.74 Å². The van der Waals surface area contributed by atoms with Gasteiger partial charge in [0.15, 0.2) is 6.61 Å². The lowest BCUT2D eigenvalue weighted by Gasteiger charge is -2.08. The van der Waals surface area contributed by atoms with E-state index in [2.05, 4.69) is 10.5 Å². The Morgan fingerprint density at radius 3 is 2.86 bits per heavy atom. The van der Waals surface area contributed by atoms with Gasteiger partial charge in [-0.3, -0.25) is 4.79 Å². The summed E-state index contributed by atoms with van der Waals surface area (Å²) in [7, 11) is 0. The van der Waals surface area contributed by atoms with Crippen molar-refractivity contribution in [1.82, 2.24) is 5.43 Å². The summed E-state index contributed by atoms with van der Waals surface area (Å²) in [5.41, 5.74) is 4.92. The number of carbonyl (C=O) groups is 1. The molecule has 0 unspecified atom stereocenters. The van der Waals surface area contributed by atoms with Crippen molar-refractivity contribution >= 4 is 12.1 Å². The molecule has 0 bridgehead atoms. The maximum Gasteiger partial charge on any atom is 0.277 e. The van der Waals surface area contributed by atoms with Crippen LogP contribution in [-0.4, -0.2) is 18.7 Å². The highest BCUT2D eigenvalue weighted by atomic mass is 19.1. The van der Waals surface area contributed by atoms with Crippen LogP contribution in [0.25, 0.3) is 0 Å². The Bertz CT molecular complexity index is 699. The van der Waals surface area contributed by atoms with Crippen molar-refractivity contribution in [3.05, 3.63) is 65.0 Å². The van der Waals surface area contributed by atoms with Gasteiger partial charge >= 0.3 is 0 Å². The summed E-state index contributed by atoms with van der Waals surface area (Å²) in [5.74, 6) is -0.0636. The number of halogens is 1. The van der Waals surface area contributed by atoms with Crippen LogP contribution >= 0.6 is 0 Å². The number of nitrogens with zero attached hydrogens (tertiary/aromatic N) is 1. The van der Waals surface area contributed by atoms with E-state index in [1.54, 1.807) is 12.1 Å². The molecule has 2 aromatic carbocycles. The lowest BCUT2D eigenvalue weighted by molar-refractivity contribution is -0.123. The van der Waals surface area contributed by atoms with E-state index >= 15 is 0 Å². The van der Waals surface area contributed by atoms with Gasteiger partial charge in [0.1, 0.15) is 11.6 Å². The van der Waals surface area contributed by atoms with Crippen molar-refractivity contribution < 1.29 is 13.9 Å². The normalized spacial score (nSPS) is 10.7. The van der Waals surface area contributed by atoms with E-state index in [0.29, 0.717) is 11.3 Å². The van der Waals surface area contributed by atoms with Gasteiger partial charge in [0.25, 0.3) is 5.91 Å². The molecule has 0 spiro atoms. The monoisotopic (exact) mass is 300 g/mol.